The zero-order valence-corrected chi connectivity index (χ0v) is 17.9. The van der Waals surface area contributed by atoms with Crippen LogP contribution in [0.2, 0.25) is 0 Å². The van der Waals surface area contributed by atoms with Crippen LogP contribution < -0.4 is 5.32 Å². The number of hydrogen-bond donors (Lipinski definition) is 1. The van der Waals surface area contributed by atoms with Gasteiger partial charge < -0.3 is 15.0 Å². The monoisotopic (exact) mass is 404 g/mol. The minimum Gasteiger partial charge on any atom is -0.359 e. The Bertz CT molecular complexity index is 678. The summed E-state index contributed by atoms with van der Waals surface area (Å²) in [6.07, 6.45) is 8.99. The molecule has 2 amide bonds. The lowest BCUT2D eigenvalue weighted by atomic mass is 10.1. The van der Waals surface area contributed by atoms with Crippen molar-refractivity contribution in [1.82, 2.24) is 10.2 Å². The molecular weight excluding hydrogens is 372 g/mol. The summed E-state index contributed by atoms with van der Waals surface area (Å²) in [5.41, 5.74) is 1.72. The van der Waals surface area contributed by atoms with E-state index in [1.165, 1.54) is 38.5 Å². The van der Waals surface area contributed by atoms with Crippen molar-refractivity contribution in [2.75, 3.05) is 12.8 Å². The van der Waals surface area contributed by atoms with Gasteiger partial charge in [0.15, 0.2) is 0 Å². The molecule has 1 N–H and O–H groups in total. The third kappa shape index (κ3) is 6.09. The van der Waals surface area contributed by atoms with Crippen molar-refractivity contribution in [3.8, 4) is 0 Å². The lowest BCUT2D eigenvalue weighted by Gasteiger charge is -2.22. The third-order valence-corrected chi connectivity index (χ3v) is 6.40. The van der Waals surface area contributed by atoms with Gasteiger partial charge in [-0.25, -0.2) is 0 Å². The Kier molecular flexibility index (Phi) is 9.55. The second-order valence-electron chi connectivity index (χ2n) is 7.25. The average Bonchev–Trinajstić information content (AvgIpc) is 3.05. The molecular formula is C22H32N2O3S. The lowest BCUT2D eigenvalue weighted by Crippen LogP contribution is -2.37. The number of carbonyl (C=O) groups excluding carboxylic acids is 3. The van der Waals surface area contributed by atoms with Crippen LogP contribution >= 0.6 is 11.8 Å². The summed E-state index contributed by atoms with van der Waals surface area (Å²) in [5.74, 6) is 0.821. The molecule has 1 atom stereocenters. The number of aldehydes is 1. The number of thioether (sulfide) groups is 1. The van der Waals surface area contributed by atoms with E-state index in [-0.39, 0.29) is 18.2 Å². The van der Waals surface area contributed by atoms with Gasteiger partial charge in [0.1, 0.15) is 6.29 Å². The topological polar surface area (TPSA) is 66.5 Å². The Morgan fingerprint density at radius 3 is 2.71 bits per heavy atom. The van der Waals surface area contributed by atoms with Gasteiger partial charge in [0.2, 0.25) is 5.91 Å². The Morgan fingerprint density at radius 1 is 1.25 bits per heavy atom. The van der Waals surface area contributed by atoms with Crippen LogP contribution in [0.1, 0.15) is 74.2 Å². The van der Waals surface area contributed by atoms with Gasteiger partial charge in [-0.05, 0) is 36.3 Å². The van der Waals surface area contributed by atoms with Gasteiger partial charge in [-0.15, -0.1) is 11.8 Å². The Labute approximate surface area is 172 Å². The third-order valence-electron chi connectivity index (χ3n) is 5.21. The number of hydrogen-bond acceptors (Lipinski definition) is 4. The highest BCUT2D eigenvalue weighted by Crippen LogP contribution is 2.34. The van der Waals surface area contributed by atoms with Crippen molar-refractivity contribution in [2.24, 2.45) is 0 Å². The average molecular weight is 405 g/mol. The van der Waals surface area contributed by atoms with Gasteiger partial charge in [-0.2, -0.15) is 0 Å². The summed E-state index contributed by atoms with van der Waals surface area (Å²) in [5, 5.41) is 2.56. The van der Waals surface area contributed by atoms with Crippen molar-refractivity contribution in [3.05, 3.63) is 29.3 Å². The van der Waals surface area contributed by atoms with Crippen molar-refractivity contribution in [2.45, 2.75) is 75.8 Å². The molecule has 6 heteroatoms. The van der Waals surface area contributed by atoms with E-state index in [9.17, 15) is 14.4 Å². The minimum atomic E-state index is -0.561. The largest absolute Gasteiger partial charge is 0.359 e. The Hall–Kier alpha value is -1.82. The summed E-state index contributed by atoms with van der Waals surface area (Å²) < 4.78 is 0. The molecule has 1 aromatic carbocycles. The molecule has 1 aliphatic rings. The number of rotatable bonds is 13. The van der Waals surface area contributed by atoms with E-state index in [1.807, 2.05) is 12.1 Å². The van der Waals surface area contributed by atoms with E-state index in [4.69, 9.17) is 0 Å². The van der Waals surface area contributed by atoms with E-state index < -0.39 is 6.04 Å². The smallest absolute Gasteiger partial charge is 0.255 e. The van der Waals surface area contributed by atoms with Crippen LogP contribution in [0, 0.1) is 0 Å². The molecule has 0 bridgehead atoms. The predicted octanol–water partition coefficient (Wildman–Crippen LogP) is 4.19. The van der Waals surface area contributed by atoms with E-state index in [0.717, 1.165) is 22.5 Å². The predicted molar refractivity (Wildman–Crippen MR) is 114 cm³/mol. The Balaban J connectivity index is 1.93. The number of amides is 2. The fraction of sp³-hybridized carbons (Fsp3) is 0.591. The quantitative estimate of drug-likeness (QED) is 0.304. The van der Waals surface area contributed by atoms with Crippen LogP contribution in [0.15, 0.2) is 23.1 Å². The highest BCUT2D eigenvalue weighted by atomic mass is 32.2. The van der Waals surface area contributed by atoms with Crippen LogP contribution in [0.4, 0.5) is 0 Å². The lowest BCUT2D eigenvalue weighted by molar-refractivity contribution is -0.121. The fourth-order valence-corrected chi connectivity index (χ4v) is 4.59. The number of benzene rings is 1. The first-order valence-electron chi connectivity index (χ1n) is 10.3. The van der Waals surface area contributed by atoms with E-state index in [1.54, 1.807) is 23.7 Å². The van der Waals surface area contributed by atoms with Crippen molar-refractivity contribution in [1.29, 1.82) is 0 Å². The van der Waals surface area contributed by atoms with Gasteiger partial charge in [-0.1, -0.05) is 45.1 Å². The van der Waals surface area contributed by atoms with Crippen molar-refractivity contribution >= 4 is 29.9 Å². The normalized spacial score (nSPS) is 14.1. The first-order valence-corrected chi connectivity index (χ1v) is 11.3. The molecule has 1 aliphatic heterocycles. The molecule has 0 fully saturated rings. The summed E-state index contributed by atoms with van der Waals surface area (Å²) in [7, 11) is 1.57. The fourth-order valence-electron chi connectivity index (χ4n) is 3.49. The van der Waals surface area contributed by atoms with Gasteiger partial charge in [-0.3, -0.25) is 9.59 Å². The van der Waals surface area contributed by atoms with Crippen LogP contribution in [-0.4, -0.2) is 41.8 Å². The Morgan fingerprint density at radius 2 is 2.00 bits per heavy atom. The number of carbonyl (C=O) groups is 3. The van der Waals surface area contributed by atoms with Crippen LogP contribution in [0.3, 0.4) is 0 Å². The summed E-state index contributed by atoms with van der Waals surface area (Å²) in [6.45, 7) is 2.68. The number of unbranched alkanes of at least 4 members (excludes halogenated alkanes) is 5. The number of nitrogens with zero attached hydrogens (tertiary/aromatic N) is 1. The molecule has 1 aromatic rings. The summed E-state index contributed by atoms with van der Waals surface area (Å²) >= 11 is 1.80. The van der Waals surface area contributed by atoms with Gasteiger partial charge in [0, 0.05) is 30.5 Å². The van der Waals surface area contributed by atoms with E-state index >= 15 is 0 Å². The van der Waals surface area contributed by atoms with E-state index in [2.05, 4.69) is 18.3 Å². The molecule has 5 nitrogen and oxygen atoms in total. The first-order chi connectivity index (χ1) is 13.6. The molecule has 0 aliphatic carbocycles. The van der Waals surface area contributed by atoms with Crippen LogP contribution in [0.25, 0.3) is 0 Å². The highest BCUT2D eigenvalue weighted by molar-refractivity contribution is 7.99. The zero-order chi connectivity index (χ0) is 20.4. The van der Waals surface area contributed by atoms with Crippen LogP contribution in [-0.2, 0) is 16.1 Å². The van der Waals surface area contributed by atoms with Crippen molar-refractivity contribution < 1.29 is 14.4 Å². The minimum absolute atomic E-state index is 0.106. The maximum atomic E-state index is 12.8. The summed E-state index contributed by atoms with van der Waals surface area (Å²) in [6, 6.07) is 5.27. The standard InChI is InChI=1S/C22H32N2O3S/c1-3-4-5-6-7-8-14-28-20-11-9-10-18-19(20)15-24(22(18)27)17(16-25)12-13-21(26)23-2/h9-11,16-17H,3-8,12-15H2,1-2H3,(H,23,26). The maximum absolute atomic E-state index is 12.8. The molecule has 0 aromatic heterocycles. The number of fused-ring (bicyclic) bond motifs is 1. The zero-order valence-electron chi connectivity index (χ0n) is 17.0. The van der Waals surface area contributed by atoms with Crippen LogP contribution in [0.5, 0.6) is 0 Å². The molecule has 2 rings (SSSR count). The van der Waals surface area contributed by atoms with Crippen molar-refractivity contribution in [3.63, 3.8) is 0 Å². The SMILES string of the molecule is CCCCCCCCSc1cccc2c1CN(C(C=O)CCC(=O)NC)C2=O. The molecule has 1 heterocycles. The second-order valence-corrected chi connectivity index (χ2v) is 8.38. The molecule has 1 unspecified atom stereocenters. The first kappa shape index (κ1) is 22.5. The van der Waals surface area contributed by atoms with E-state index in [0.29, 0.717) is 18.5 Å². The molecule has 0 saturated heterocycles. The number of nitrogens with one attached hydrogen (secondary N) is 1. The molecule has 0 spiro atoms. The summed E-state index contributed by atoms with van der Waals surface area (Å²) in [4.78, 5) is 38.6. The second kappa shape index (κ2) is 11.9. The molecule has 28 heavy (non-hydrogen) atoms. The molecule has 0 radical (unpaired) electrons. The van der Waals surface area contributed by atoms with Gasteiger partial charge in [0.05, 0.1) is 6.04 Å². The van der Waals surface area contributed by atoms with Gasteiger partial charge >= 0.3 is 0 Å². The molecule has 0 saturated carbocycles. The molecule has 154 valence electrons. The maximum Gasteiger partial charge on any atom is 0.255 e. The highest BCUT2D eigenvalue weighted by Gasteiger charge is 2.34. The van der Waals surface area contributed by atoms with Gasteiger partial charge in [0.25, 0.3) is 5.91 Å².